The number of fused-ring (bicyclic) bond motifs is 1. The van der Waals surface area contributed by atoms with Crippen LogP contribution in [0, 0.1) is 13.8 Å². The number of nitrogens with one attached hydrogen (secondary N) is 1. The van der Waals surface area contributed by atoms with E-state index in [1.807, 2.05) is 32.0 Å². The summed E-state index contributed by atoms with van der Waals surface area (Å²) < 4.78 is 26.5. The number of carbonyl (C=O) groups excluding carboxylic acids is 1. The van der Waals surface area contributed by atoms with Gasteiger partial charge in [0.05, 0.1) is 17.5 Å². The van der Waals surface area contributed by atoms with Crippen molar-refractivity contribution in [2.45, 2.75) is 31.2 Å². The second-order valence-corrected chi connectivity index (χ2v) is 11.7. The molecule has 0 aliphatic carbocycles. The second-order valence-electron chi connectivity index (χ2n) is 8.58. The summed E-state index contributed by atoms with van der Waals surface area (Å²) in [6, 6.07) is 15.6. The van der Waals surface area contributed by atoms with Gasteiger partial charge in [0, 0.05) is 31.2 Å². The first kappa shape index (κ1) is 23.6. The van der Waals surface area contributed by atoms with Crippen LogP contribution < -0.4 is 5.32 Å². The highest BCUT2D eigenvalue weighted by molar-refractivity contribution is 7.89. The molecule has 33 heavy (non-hydrogen) atoms. The highest BCUT2D eigenvalue weighted by Crippen LogP contribution is 2.37. The summed E-state index contributed by atoms with van der Waals surface area (Å²) in [5.41, 5.74) is 4.63. The lowest BCUT2D eigenvalue weighted by molar-refractivity contribution is -0.117. The lowest BCUT2D eigenvalue weighted by Gasteiger charge is -2.35. The molecule has 1 N–H and O–H groups in total. The van der Waals surface area contributed by atoms with Crippen molar-refractivity contribution in [3.8, 4) is 0 Å². The number of thiophene rings is 1. The lowest BCUT2D eigenvalue weighted by atomic mass is 9.93. The highest BCUT2D eigenvalue weighted by Gasteiger charge is 2.31. The molecular formula is C25H29N3O3S2. The molecule has 2 heterocycles. The first-order valence-electron chi connectivity index (χ1n) is 10.9. The molecule has 0 radical (unpaired) electrons. The van der Waals surface area contributed by atoms with Gasteiger partial charge in [-0.25, -0.2) is 12.7 Å². The molecule has 0 saturated carbocycles. The van der Waals surface area contributed by atoms with Crippen LogP contribution in [0.3, 0.4) is 0 Å². The van der Waals surface area contributed by atoms with E-state index in [0.717, 1.165) is 29.7 Å². The van der Waals surface area contributed by atoms with Gasteiger partial charge < -0.3 is 5.32 Å². The van der Waals surface area contributed by atoms with Crippen LogP contribution in [0.5, 0.6) is 0 Å². The van der Waals surface area contributed by atoms with Crippen LogP contribution in [0.1, 0.15) is 33.2 Å². The third-order valence-electron chi connectivity index (χ3n) is 6.22. The quantitative estimate of drug-likeness (QED) is 0.571. The molecule has 2 aromatic carbocycles. The summed E-state index contributed by atoms with van der Waals surface area (Å²) in [5, 5.41) is 5.10. The summed E-state index contributed by atoms with van der Waals surface area (Å²) in [6.45, 7) is 4.75. The molecule has 8 heteroatoms. The molecule has 1 aliphatic heterocycles. The van der Waals surface area contributed by atoms with Gasteiger partial charge in [0.25, 0.3) is 0 Å². The number of hydrogen-bond donors (Lipinski definition) is 1. The Kier molecular flexibility index (Phi) is 6.72. The van der Waals surface area contributed by atoms with Crippen molar-refractivity contribution in [2.75, 3.05) is 32.5 Å². The van der Waals surface area contributed by atoms with E-state index in [-0.39, 0.29) is 23.4 Å². The minimum Gasteiger partial charge on any atom is -0.325 e. The Balaban J connectivity index is 1.60. The normalized spacial score (nSPS) is 16.6. The predicted octanol–water partition coefficient (Wildman–Crippen LogP) is 4.20. The number of carbonyl (C=O) groups is 1. The fourth-order valence-electron chi connectivity index (χ4n) is 4.25. The first-order chi connectivity index (χ1) is 15.7. The van der Waals surface area contributed by atoms with Crippen LogP contribution in [-0.2, 0) is 21.2 Å². The molecule has 6 nitrogen and oxygen atoms in total. The topological polar surface area (TPSA) is 69.7 Å². The van der Waals surface area contributed by atoms with Gasteiger partial charge in [0.15, 0.2) is 0 Å². The monoisotopic (exact) mass is 483 g/mol. The largest absolute Gasteiger partial charge is 0.325 e. The number of amides is 1. The Bertz CT molecular complexity index is 1270. The molecule has 1 aromatic heterocycles. The van der Waals surface area contributed by atoms with Gasteiger partial charge >= 0.3 is 0 Å². The molecule has 0 bridgehead atoms. The van der Waals surface area contributed by atoms with Crippen LogP contribution in [0.2, 0.25) is 0 Å². The maximum Gasteiger partial charge on any atom is 0.242 e. The summed E-state index contributed by atoms with van der Waals surface area (Å²) in [7, 11) is -0.598. The van der Waals surface area contributed by atoms with Crippen molar-refractivity contribution < 1.29 is 13.2 Å². The number of anilines is 1. The molecule has 1 amide bonds. The Hall–Kier alpha value is -2.52. The van der Waals surface area contributed by atoms with E-state index in [1.54, 1.807) is 23.5 Å². The van der Waals surface area contributed by atoms with Crippen molar-refractivity contribution in [2.24, 2.45) is 0 Å². The van der Waals surface area contributed by atoms with E-state index in [9.17, 15) is 13.2 Å². The molecule has 1 aliphatic rings. The standard InChI is InChI=1S/C25H29N3O3S2/c1-17-14-20(33(30,31)27(3)4)15-22(18(17)2)26-24(29)16-28-12-10-23-21(11-13-32-23)25(28)19-8-6-5-7-9-19/h5-9,11,13-15,25H,10,12,16H2,1-4H3,(H,26,29)/t25-/m1/s1. The van der Waals surface area contributed by atoms with Gasteiger partial charge in [-0.05, 0) is 66.1 Å². The van der Waals surface area contributed by atoms with Crippen LogP contribution in [-0.4, -0.2) is 50.7 Å². The van der Waals surface area contributed by atoms with E-state index in [2.05, 4.69) is 33.8 Å². The molecule has 3 aromatic rings. The number of nitrogens with zero attached hydrogens (tertiary/aromatic N) is 2. The zero-order valence-electron chi connectivity index (χ0n) is 19.3. The number of sulfonamides is 1. The highest BCUT2D eigenvalue weighted by atomic mass is 32.2. The maximum absolute atomic E-state index is 13.2. The van der Waals surface area contributed by atoms with Crippen LogP contribution in [0.25, 0.3) is 0 Å². The summed E-state index contributed by atoms with van der Waals surface area (Å²) >= 11 is 1.77. The molecule has 0 spiro atoms. The van der Waals surface area contributed by atoms with Crippen molar-refractivity contribution >= 4 is 33.0 Å². The zero-order chi connectivity index (χ0) is 23.8. The molecule has 174 valence electrons. The number of hydrogen-bond acceptors (Lipinski definition) is 5. The molecular weight excluding hydrogens is 454 g/mol. The van der Waals surface area contributed by atoms with E-state index in [0.29, 0.717) is 5.69 Å². The van der Waals surface area contributed by atoms with Gasteiger partial charge in [-0.1, -0.05) is 30.3 Å². The first-order valence-corrected chi connectivity index (χ1v) is 13.2. The summed E-state index contributed by atoms with van der Waals surface area (Å²) in [4.78, 5) is 16.9. The van der Waals surface area contributed by atoms with E-state index in [4.69, 9.17) is 0 Å². The van der Waals surface area contributed by atoms with Gasteiger partial charge in [0.2, 0.25) is 15.9 Å². The van der Waals surface area contributed by atoms with E-state index >= 15 is 0 Å². The Morgan fingerprint density at radius 2 is 1.88 bits per heavy atom. The minimum atomic E-state index is -3.60. The molecule has 0 saturated heterocycles. The Morgan fingerprint density at radius 3 is 2.58 bits per heavy atom. The Labute approximate surface area is 199 Å². The molecule has 4 rings (SSSR count). The van der Waals surface area contributed by atoms with Crippen molar-refractivity contribution in [1.82, 2.24) is 9.21 Å². The number of aryl methyl sites for hydroxylation is 1. The zero-order valence-corrected chi connectivity index (χ0v) is 21.0. The van der Waals surface area contributed by atoms with Crippen LogP contribution >= 0.6 is 11.3 Å². The second kappa shape index (κ2) is 9.38. The van der Waals surface area contributed by atoms with Crippen LogP contribution in [0.4, 0.5) is 5.69 Å². The van der Waals surface area contributed by atoms with Gasteiger partial charge in [-0.2, -0.15) is 0 Å². The van der Waals surface area contributed by atoms with Crippen molar-refractivity contribution in [1.29, 1.82) is 0 Å². The third kappa shape index (κ3) is 4.75. The fraction of sp³-hybridized carbons (Fsp3) is 0.320. The number of benzene rings is 2. The van der Waals surface area contributed by atoms with E-state index < -0.39 is 10.0 Å². The summed E-state index contributed by atoms with van der Waals surface area (Å²) in [6.07, 6.45) is 0.915. The average Bonchev–Trinajstić information content (AvgIpc) is 3.25. The van der Waals surface area contributed by atoms with Crippen molar-refractivity contribution in [3.05, 3.63) is 81.0 Å². The molecule has 0 unspecified atom stereocenters. The molecule has 1 atom stereocenters. The predicted molar refractivity (Wildman–Crippen MR) is 133 cm³/mol. The SMILES string of the molecule is Cc1cc(S(=O)(=O)N(C)C)cc(NC(=O)CN2CCc3sccc3[C@H]2c2ccccc2)c1C. The van der Waals surface area contributed by atoms with Gasteiger partial charge in [0.1, 0.15) is 0 Å². The van der Waals surface area contributed by atoms with Gasteiger partial charge in [-0.15, -0.1) is 11.3 Å². The smallest absolute Gasteiger partial charge is 0.242 e. The lowest BCUT2D eigenvalue weighted by Crippen LogP contribution is -2.40. The van der Waals surface area contributed by atoms with Crippen LogP contribution in [0.15, 0.2) is 58.8 Å². The van der Waals surface area contributed by atoms with E-state index in [1.165, 1.54) is 28.8 Å². The minimum absolute atomic E-state index is 0.0234. The third-order valence-corrected chi connectivity index (χ3v) is 9.01. The Morgan fingerprint density at radius 1 is 1.15 bits per heavy atom. The van der Waals surface area contributed by atoms with Crippen molar-refractivity contribution in [3.63, 3.8) is 0 Å². The molecule has 0 fully saturated rings. The number of rotatable bonds is 6. The average molecular weight is 484 g/mol. The van der Waals surface area contributed by atoms with Gasteiger partial charge in [-0.3, -0.25) is 9.69 Å². The fourth-order valence-corrected chi connectivity index (χ4v) is 6.17. The maximum atomic E-state index is 13.2. The summed E-state index contributed by atoms with van der Waals surface area (Å²) in [5.74, 6) is -0.156.